The second-order valence-corrected chi connectivity index (χ2v) is 12.5. The van der Waals surface area contributed by atoms with E-state index >= 15 is 0 Å². The number of aromatic nitrogens is 3. The number of carbonyl (C=O) groups is 1. The van der Waals surface area contributed by atoms with E-state index < -0.39 is 11.7 Å². The molecule has 0 bridgehead atoms. The number of ether oxygens (including phenoxy) is 1. The third kappa shape index (κ3) is 6.22. The molecule has 0 spiro atoms. The molecule has 1 aromatic carbocycles. The summed E-state index contributed by atoms with van der Waals surface area (Å²) in [4.78, 5) is 28.8. The highest BCUT2D eigenvalue weighted by atomic mass is 32.2. The van der Waals surface area contributed by atoms with Gasteiger partial charge in [0.2, 0.25) is 5.91 Å². The molecule has 0 aliphatic carbocycles. The molecule has 1 fully saturated rings. The van der Waals surface area contributed by atoms with Crippen molar-refractivity contribution in [1.82, 2.24) is 19.9 Å². The Morgan fingerprint density at radius 1 is 1.10 bits per heavy atom. The number of nitrogens with one attached hydrogen (secondary N) is 1. The minimum absolute atomic E-state index is 0.0742. The second kappa shape index (κ2) is 11.9. The Morgan fingerprint density at radius 3 is 2.69 bits per heavy atom. The van der Waals surface area contributed by atoms with Gasteiger partial charge in [0.1, 0.15) is 5.75 Å². The van der Waals surface area contributed by atoms with E-state index in [1.54, 1.807) is 36.7 Å². The Balaban J connectivity index is 1.29. The number of rotatable bonds is 7. The second-order valence-electron chi connectivity index (χ2n) is 9.64. The first-order chi connectivity index (χ1) is 20.2. The van der Waals surface area contributed by atoms with Crippen molar-refractivity contribution in [3.63, 3.8) is 0 Å². The van der Waals surface area contributed by atoms with Gasteiger partial charge in [-0.25, -0.2) is 9.97 Å². The van der Waals surface area contributed by atoms with Gasteiger partial charge < -0.3 is 15.0 Å². The van der Waals surface area contributed by atoms with Crippen LogP contribution in [0.15, 0.2) is 75.4 Å². The molecule has 0 atom stereocenters. The van der Waals surface area contributed by atoms with E-state index in [9.17, 15) is 18.0 Å². The summed E-state index contributed by atoms with van der Waals surface area (Å²) in [6, 6.07) is 10.6. The number of thiazole rings is 1. The lowest BCUT2D eigenvalue weighted by Crippen LogP contribution is -2.36. The summed E-state index contributed by atoms with van der Waals surface area (Å²) in [7, 11) is 0. The quantitative estimate of drug-likeness (QED) is 0.194. The van der Waals surface area contributed by atoms with E-state index in [1.807, 2.05) is 27.8 Å². The first-order valence-electron chi connectivity index (χ1n) is 13.1. The molecule has 1 N–H and O–H groups in total. The van der Waals surface area contributed by atoms with Crippen LogP contribution in [0.4, 0.5) is 24.1 Å². The van der Waals surface area contributed by atoms with E-state index in [-0.39, 0.29) is 29.1 Å². The Hall–Kier alpha value is -3.68. The molecule has 6 rings (SSSR count). The molecule has 7 nitrogen and oxygen atoms in total. The van der Waals surface area contributed by atoms with Gasteiger partial charge in [0.05, 0.1) is 21.5 Å². The van der Waals surface area contributed by atoms with Crippen molar-refractivity contribution in [2.75, 3.05) is 18.4 Å². The Morgan fingerprint density at radius 2 is 1.90 bits per heavy atom. The zero-order chi connectivity index (χ0) is 29.3. The number of nitrogens with zero attached hydrogens (tertiary/aromatic N) is 4. The fourth-order valence-corrected chi connectivity index (χ4v) is 7.41. The third-order valence-electron chi connectivity index (χ3n) is 6.88. The van der Waals surface area contributed by atoms with Crippen molar-refractivity contribution in [3.8, 4) is 11.5 Å². The van der Waals surface area contributed by atoms with Crippen molar-refractivity contribution in [2.24, 2.45) is 0 Å². The fraction of sp³-hybridized carbons (Fsp3) is 0.241. The van der Waals surface area contributed by atoms with E-state index in [0.717, 1.165) is 39.7 Å². The zero-order valence-corrected chi connectivity index (χ0v) is 24.7. The zero-order valence-electron chi connectivity index (χ0n) is 22.2. The maximum atomic E-state index is 13.8. The summed E-state index contributed by atoms with van der Waals surface area (Å²) in [6.45, 7) is 2.95. The maximum Gasteiger partial charge on any atom is 0.419 e. The van der Waals surface area contributed by atoms with E-state index in [1.165, 1.54) is 41.3 Å². The number of likely N-dealkylation sites (tertiary alicyclic amines) is 1. The molecule has 42 heavy (non-hydrogen) atoms. The molecule has 216 valence electrons. The molecule has 1 aliphatic heterocycles. The van der Waals surface area contributed by atoms with Gasteiger partial charge in [0.15, 0.2) is 16.7 Å². The monoisotopic (exact) mass is 627 g/mol. The average Bonchev–Trinajstić information content (AvgIpc) is 3.65. The van der Waals surface area contributed by atoms with Gasteiger partial charge in [0, 0.05) is 59.6 Å². The van der Waals surface area contributed by atoms with Crippen LogP contribution in [0.25, 0.3) is 10.2 Å². The lowest BCUT2D eigenvalue weighted by molar-refractivity contribution is -0.138. The summed E-state index contributed by atoms with van der Waals surface area (Å²) in [5.41, 5.74) is 0.913. The lowest BCUT2D eigenvalue weighted by Gasteiger charge is -2.30. The van der Waals surface area contributed by atoms with Crippen LogP contribution in [0, 0.1) is 0 Å². The first kappa shape index (κ1) is 28.4. The molecular formula is C29H24F3N5O2S3. The van der Waals surface area contributed by atoms with Gasteiger partial charge in [-0.15, -0.1) is 22.7 Å². The molecule has 5 aromatic rings. The number of amides is 1. The van der Waals surface area contributed by atoms with Crippen LogP contribution in [0.3, 0.4) is 0 Å². The third-order valence-corrected chi connectivity index (χ3v) is 9.74. The molecule has 4 aromatic heterocycles. The van der Waals surface area contributed by atoms with Crippen LogP contribution in [-0.4, -0.2) is 38.8 Å². The normalized spacial score (nSPS) is 14.3. The number of hydrogen-bond acceptors (Lipinski definition) is 9. The minimum Gasteiger partial charge on any atom is -0.453 e. The van der Waals surface area contributed by atoms with Crippen molar-refractivity contribution in [2.45, 2.75) is 41.7 Å². The maximum absolute atomic E-state index is 13.8. The molecule has 1 amide bonds. The summed E-state index contributed by atoms with van der Waals surface area (Å²) < 4.78 is 48.3. The number of hydrogen-bond donors (Lipinski definition) is 1. The predicted molar refractivity (Wildman–Crippen MR) is 159 cm³/mol. The van der Waals surface area contributed by atoms with Crippen molar-refractivity contribution >= 4 is 61.5 Å². The highest BCUT2D eigenvalue weighted by Gasteiger charge is 2.34. The van der Waals surface area contributed by atoms with Crippen molar-refractivity contribution < 1.29 is 22.7 Å². The van der Waals surface area contributed by atoms with Gasteiger partial charge in [-0.1, -0.05) is 23.9 Å². The first-order valence-corrected chi connectivity index (χ1v) is 15.6. The summed E-state index contributed by atoms with van der Waals surface area (Å²) in [5, 5.41) is 7.64. The summed E-state index contributed by atoms with van der Waals surface area (Å²) >= 11 is 4.39. The predicted octanol–water partition coefficient (Wildman–Crippen LogP) is 8.58. The molecule has 0 unspecified atom stereocenters. The van der Waals surface area contributed by atoms with Gasteiger partial charge in [-0.05, 0) is 42.5 Å². The summed E-state index contributed by atoms with van der Waals surface area (Å²) in [5.74, 6) is 0.367. The molecule has 1 aliphatic rings. The van der Waals surface area contributed by atoms with E-state index in [2.05, 4.69) is 15.3 Å². The number of thiophene rings is 1. The Kier molecular flexibility index (Phi) is 8.06. The van der Waals surface area contributed by atoms with Gasteiger partial charge in [0.25, 0.3) is 0 Å². The topological polar surface area (TPSA) is 80.2 Å². The van der Waals surface area contributed by atoms with Gasteiger partial charge in [-0.2, -0.15) is 13.2 Å². The number of carbonyl (C=O) groups excluding carboxylic acids is 1. The van der Waals surface area contributed by atoms with Crippen LogP contribution in [0.1, 0.15) is 36.9 Å². The molecular weight excluding hydrogens is 604 g/mol. The van der Waals surface area contributed by atoms with Crippen LogP contribution in [-0.2, 0) is 11.0 Å². The molecule has 1 saturated heterocycles. The van der Waals surface area contributed by atoms with E-state index in [0.29, 0.717) is 23.1 Å². The number of alkyl halides is 3. The Bertz CT molecular complexity index is 1730. The molecule has 0 radical (unpaired) electrons. The lowest BCUT2D eigenvalue weighted by atomic mass is 9.94. The molecule has 13 heteroatoms. The number of anilines is 2. The van der Waals surface area contributed by atoms with Crippen LogP contribution in [0.2, 0.25) is 0 Å². The van der Waals surface area contributed by atoms with Crippen molar-refractivity contribution in [3.05, 3.63) is 76.9 Å². The highest BCUT2D eigenvalue weighted by molar-refractivity contribution is 7.99. The number of fused-ring (bicyclic) bond motifs is 1. The fourth-order valence-electron chi connectivity index (χ4n) is 4.74. The largest absolute Gasteiger partial charge is 0.453 e. The number of halogens is 3. The molecule has 0 saturated carbocycles. The van der Waals surface area contributed by atoms with Gasteiger partial charge in [-0.3, -0.25) is 9.78 Å². The smallest absolute Gasteiger partial charge is 0.419 e. The standard InChI is InChI=1S/C29H24F3N5O2S3/c1-17(38)37-11-7-18(8-12-37)22-16-41-28(35-22)36-27-24(39-23-5-3-2-4-20(23)29(30,31)32)14-19(15-34-27)42-25-6-10-33-21-9-13-40-26(21)25/h2-6,9-10,13-16,18H,7-8,11-12H2,1H3,(H,34,35,36). The van der Waals surface area contributed by atoms with Crippen LogP contribution >= 0.6 is 34.4 Å². The molecule has 5 heterocycles. The number of benzene rings is 1. The number of piperidine rings is 1. The van der Waals surface area contributed by atoms with E-state index in [4.69, 9.17) is 9.72 Å². The average molecular weight is 628 g/mol. The van der Waals surface area contributed by atoms with Crippen LogP contribution < -0.4 is 10.1 Å². The van der Waals surface area contributed by atoms with Crippen LogP contribution in [0.5, 0.6) is 11.5 Å². The highest BCUT2D eigenvalue weighted by Crippen LogP contribution is 2.43. The SMILES string of the molecule is CC(=O)N1CCC(c2csc(Nc3ncc(Sc4ccnc5ccsc45)cc3Oc3ccccc3C(F)(F)F)n2)CC1. The van der Waals surface area contributed by atoms with Gasteiger partial charge >= 0.3 is 6.18 Å². The minimum atomic E-state index is -4.59. The number of para-hydroxylation sites is 1. The number of pyridine rings is 2. The Labute approximate surface area is 251 Å². The van der Waals surface area contributed by atoms with Crippen molar-refractivity contribution in [1.29, 1.82) is 0 Å². The summed E-state index contributed by atoms with van der Waals surface area (Å²) in [6.07, 6.45) is 0.432.